The predicted octanol–water partition coefficient (Wildman–Crippen LogP) is 1.07. The molecular weight excluding hydrogens is 242 g/mol. The van der Waals surface area contributed by atoms with Crippen LogP contribution in [0.1, 0.15) is 38.4 Å². The number of rotatable bonds is 5. The summed E-state index contributed by atoms with van der Waals surface area (Å²) < 4.78 is 0. The zero-order valence-electron chi connectivity index (χ0n) is 11.5. The lowest BCUT2D eigenvalue weighted by molar-refractivity contribution is 0.262. The molecule has 0 radical (unpaired) electrons. The number of nitrogen functional groups attached to an aromatic ring is 1. The first kappa shape index (κ1) is 14.0. The molecule has 1 atom stereocenters. The van der Waals surface area contributed by atoms with Crippen LogP contribution in [0.3, 0.4) is 0 Å². The molecule has 6 heteroatoms. The largest absolute Gasteiger partial charge is 0.396 e. The highest BCUT2D eigenvalue weighted by Crippen LogP contribution is 2.26. The summed E-state index contributed by atoms with van der Waals surface area (Å²) >= 11 is 0. The Balaban J connectivity index is 2.26. The average Bonchev–Trinajstić information content (AvgIpc) is 2.47. The third-order valence-electron chi connectivity index (χ3n) is 3.61. The maximum Gasteiger partial charge on any atom is 0.145 e. The summed E-state index contributed by atoms with van der Waals surface area (Å²) in [4.78, 5) is 11.2. The number of anilines is 2. The molecule has 1 fully saturated rings. The van der Waals surface area contributed by atoms with E-state index in [1.165, 1.54) is 12.8 Å². The number of nitrogens with one attached hydrogen (secondary N) is 1. The van der Waals surface area contributed by atoms with E-state index in [1.807, 2.05) is 13.0 Å². The predicted molar refractivity (Wildman–Crippen MR) is 75.9 cm³/mol. The molecule has 1 unspecified atom stereocenters. The van der Waals surface area contributed by atoms with Crippen LogP contribution in [-0.2, 0) is 6.42 Å². The van der Waals surface area contributed by atoms with Gasteiger partial charge in [-0.25, -0.2) is 15.8 Å². The van der Waals surface area contributed by atoms with Crippen LogP contribution in [-0.4, -0.2) is 34.3 Å². The fourth-order valence-corrected chi connectivity index (χ4v) is 2.61. The van der Waals surface area contributed by atoms with E-state index in [2.05, 4.69) is 20.3 Å². The number of hydrogen-bond acceptors (Lipinski definition) is 6. The van der Waals surface area contributed by atoms with Gasteiger partial charge in [0, 0.05) is 31.7 Å². The minimum atomic E-state index is 0.217. The highest BCUT2D eigenvalue weighted by atomic mass is 16.3. The quantitative estimate of drug-likeness (QED) is 0.545. The lowest BCUT2D eigenvalue weighted by Crippen LogP contribution is -2.41. The van der Waals surface area contributed by atoms with Crippen molar-refractivity contribution >= 4 is 11.6 Å². The first-order chi connectivity index (χ1) is 9.28. The number of aromatic nitrogens is 2. The van der Waals surface area contributed by atoms with Gasteiger partial charge in [-0.15, -0.1) is 0 Å². The zero-order chi connectivity index (χ0) is 13.7. The van der Waals surface area contributed by atoms with Crippen molar-refractivity contribution in [3.05, 3.63) is 11.9 Å². The number of nitrogens with zero attached hydrogens (tertiary/aromatic N) is 3. The van der Waals surface area contributed by atoms with E-state index in [9.17, 15) is 5.11 Å². The van der Waals surface area contributed by atoms with Gasteiger partial charge in [-0.1, -0.05) is 6.92 Å². The summed E-state index contributed by atoms with van der Waals surface area (Å²) in [6.07, 6.45) is 5.06. The van der Waals surface area contributed by atoms with Crippen molar-refractivity contribution < 1.29 is 5.11 Å². The fourth-order valence-electron chi connectivity index (χ4n) is 2.61. The average molecular weight is 265 g/mol. The second-order valence-electron chi connectivity index (χ2n) is 4.88. The van der Waals surface area contributed by atoms with Gasteiger partial charge in [0.1, 0.15) is 17.5 Å². The maximum atomic E-state index is 9.19. The lowest BCUT2D eigenvalue weighted by Gasteiger charge is -2.36. The summed E-state index contributed by atoms with van der Waals surface area (Å²) in [7, 11) is 0. The standard InChI is InChI=1S/C13H23N5O/c1-2-11-15-12(17-14)9-13(16-11)18-7-4-3-5-10(18)6-8-19/h9-10,19H,2-8,14H2,1H3,(H,15,16,17). The van der Waals surface area contributed by atoms with Crippen LogP contribution >= 0.6 is 0 Å². The summed E-state index contributed by atoms with van der Waals surface area (Å²) in [5.41, 5.74) is 2.60. The molecule has 0 saturated carbocycles. The highest BCUT2D eigenvalue weighted by Gasteiger charge is 2.23. The molecule has 2 heterocycles. The minimum Gasteiger partial charge on any atom is -0.396 e. The van der Waals surface area contributed by atoms with Gasteiger partial charge in [-0.05, 0) is 25.7 Å². The van der Waals surface area contributed by atoms with Crippen molar-refractivity contribution in [3.63, 3.8) is 0 Å². The van der Waals surface area contributed by atoms with Gasteiger partial charge in [-0.2, -0.15) is 0 Å². The molecule has 0 spiro atoms. The molecule has 19 heavy (non-hydrogen) atoms. The monoisotopic (exact) mass is 265 g/mol. The Kier molecular flexibility index (Phi) is 4.93. The lowest BCUT2D eigenvalue weighted by atomic mass is 9.99. The number of aryl methyl sites for hydroxylation is 1. The third kappa shape index (κ3) is 3.33. The number of piperidine rings is 1. The Morgan fingerprint density at radius 3 is 3.00 bits per heavy atom. The molecule has 0 aromatic carbocycles. The highest BCUT2D eigenvalue weighted by molar-refractivity contribution is 5.50. The van der Waals surface area contributed by atoms with Crippen LogP contribution in [0, 0.1) is 0 Å². The van der Waals surface area contributed by atoms with Crippen molar-refractivity contribution in [2.24, 2.45) is 5.84 Å². The number of aliphatic hydroxyl groups excluding tert-OH is 1. The van der Waals surface area contributed by atoms with E-state index in [-0.39, 0.29) is 6.61 Å². The van der Waals surface area contributed by atoms with Crippen LogP contribution in [0.5, 0.6) is 0 Å². The Hall–Kier alpha value is -1.40. The Bertz CT molecular complexity index is 388. The van der Waals surface area contributed by atoms with E-state index in [1.54, 1.807) is 0 Å². The van der Waals surface area contributed by atoms with Crippen LogP contribution < -0.4 is 16.2 Å². The molecule has 0 aliphatic carbocycles. The van der Waals surface area contributed by atoms with E-state index in [0.29, 0.717) is 11.9 Å². The SMILES string of the molecule is CCc1nc(NN)cc(N2CCCCC2CCO)n1. The molecule has 2 rings (SSSR count). The first-order valence-corrected chi connectivity index (χ1v) is 7.00. The molecule has 0 amide bonds. The molecule has 1 aliphatic rings. The van der Waals surface area contributed by atoms with E-state index < -0.39 is 0 Å². The van der Waals surface area contributed by atoms with Gasteiger partial charge in [-0.3, -0.25) is 0 Å². The van der Waals surface area contributed by atoms with Gasteiger partial charge in [0.25, 0.3) is 0 Å². The summed E-state index contributed by atoms with van der Waals surface area (Å²) in [5, 5.41) is 9.19. The molecule has 4 N–H and O–H groups in total. The fraction of sp³-hybridized carbons (Fsp3) is 0.692. The molecule has 1 aliphatic heterocycles. The van der Waals surface area contributed by atoms with Gasteiger partial charge >= 0.3 is 0 Å². The Morgan fingerprint density at radius 1 is 1.47 bits per heavy atom. The number of hydrazine groups is 1. The van der Waals surface area contributed by atoms with Gasteiger partial charge < -0.3 is 15.4 Å². The second kappa shape index (κ2) is 6.68. The summed E-state index contributed by atoms with van der Waals surface area (Å²) in [5.74, 6) is 7.82. The maximum absolute atomic E-state index is 9.19. The first-order valence-electron chi connectivity index (χ1n) is 7.00. The van der Waals surface area contributed by atoms with Crippen molar-refractivity contribution in [2.75, 3.05) is 23.5 Å². The summed E-state index contributed by atoms with van der Waals surface area (Å²) in [6, 6.07) is 2.25. The Labute approximate surface area is 114 Å². The van der Waals surface area contributed by atoms with Crippen LogP contribution in [0.4, 0.5) is 11.6 Å². The zero-order valence-corrected chi connectivity index (χ0v) is 11.5. The summed E-state index contributed by atoms with van der Waals surface area (Å²) in [6.45, 7) is 3.23. The van der Waals surface area contributed by atoms with Crippen molar-refractivity contribution in [3.8, 4) is 0 Å². The molecule has 106 valence electrons. The number of nitrogens with two attached hydrogens (primary N) is 1. The number of aliphatic hydroxyl groups is 1. The van der Waals surface area contributed by atoms with Crippen molar-refractivity contribution in [2.45, 2.75) is 45.1 Å². The third-order valence-corrected chi connectivity index (χ3v) is 3.61. The smallest absolute Gasteiger partial charge is 0.145 e. The normalized spacial score (nSPS) is 19.5. The number of hydrogen-bond donors (Lipinski definition) is 3. The molecule has 0 bridgehead atoms. The topological polar surface area (TPSA) is 87.3 Å². The van der Waals surface area contributed by atoms with Gasteiger partial charge in [0.05, 0.1) is 0 Å². The van der Waals surface area contributed by atoms with Crippen molar-refractivity contribution in [1.29, 1.82) is 0 Å². The minimum absolute atomic E-state index is 0.217. The molecule has 1 saturated heterocycles. The van der Waals surface area contributed by atoms with E-state index in [4.69, 9.17) is 5.84 Å². The van der Waals surface area contributed by atoms with Gasteiger partial charge in [0.15, 0.2) is 0 Å². The molecule has 1 aromatic heterocycles. The molecule has 1 aromatic rings. The van der Waals surface area contributed by atoms with E-state index in [0.717, 1.165) is 37.4 Å². The Morgan fingerprint density at radius 2 is 2.32 bits per heavy atom. The van der Waals surface area contributed by atoms with Crippen molar-refractivity contribution in [1.82, 2.24) is 9.97 Å². The molecule has 6 nitrogen and oxygen atoms in total. The van der Waals surface area contributed by atoms with E-state index >= 15 is 0 Å². The van der Waals surface area contributed by atoms with Gasteiger partial charge in [0.2, 0.25) is 0 Å². The van der Waals surface area contributed by atoms with Crippen LogP contribution in [0.25, 0.3) is 0 Å². The van der Waals surface area contributed by atoms with Crippen LogP contribution in [0.15, 0.2) is 6.07 Å². The second-order valence-corrected chi connectivity index (χ2v) is 4.88. The molecular formula is C13H23N5O. The van der Waals surface area contributed by atoms with Crippen LogP contribution in [0.2, 0.25) is 0 Å².